The van der Waals surface area contributed by atoms with Crippen LogP contribution < -0.4 is 10.6 Å². The van der Waals surface area contributed by atoms with Crippen LogP contribution in [0.1, 0.15) is 19.8 Å². The Balaban J connectivity index is 2.60. The molecule has 0 aromatic heterocycles. The van der Waals surface area contributed by atoms with E-state index in [0.29, 0.717) is 19.4 Å². The van der Waals surface area contributed by atoms with Crippen molar-refractivity contribution in [1.29, 1.82) is 0 Å². The van der Waals surface area contributed by atoms with Crippen molar-refractivity contribution in [3.8, 4) is 0 Å². The highest BCUT2D eigenvalue weighted by atomic mass is 16.5. The van der Waals surface area contributed by atoms with Gasteiger partial charge in [0.05, 0.1) is 18.6 Å². The standard InChI is InChI=1S/C12H24N2O4/c1-11(17,8-15)7-14-10(16)12(9-18-2)3-5-13-6-4-12/h13,15,17H,3-9H2,1-2H3,(H,14,16). The van der Waals surface area contributed by atoms with Crippen molar-refractivity contribution in [2.45, 2.75) is 25.4 Å². The number of rotatable bonds is 6. The van der Waals surface area contributed by atoms with Crippen molar-refractivity contribution >= 4 is 5.91 Å². The molecule has 0 bridgehead atoms. The second-order valence-electron chi connectivity index (χ2n) is 5.30. The summed E-state index contributed by atoms with van der Waals surface area (Å²) in [5, 5.41) is 24.5. The number of aliphatic hydroxyl groups is 2. The quantitative estimate of drug-likeness (QED) is 0.485. The van der Waals surface area contributed by atoms with Gasteiger partial charge >= 0.3 is 0 Å². The van der Waals surface area contributed by atoms with Crippen LogP contribution in [-0.4, -0.2) is 61.7 Å². The first-order valence-corrected chi connectivity index (χ1v) is 6.27. The van der Waals surface area contributed by atoms with Crippen molar-refractivity contribution in [2.75, 3.05) is 40.0 Å². The number of amides is 1. The molecule has 1 amide bonds. The summed E-state index contributed by atoms with van der Waals surface area (Å²) in [5.41, 5.74) is -1.80. The smallest absolute Gasteiger partial charge is 0.228 e. The third kappa shape index (κ3) is 3.91. The summed E-state index contributed by atoms with van der Waals surface area (Å²) in [4.78, 5) is 12.3. The molecular formula is C12H24N2O4. The molecule has 1 heterocycles. The molecule has 1 rings (SSSR count). The van der Waals surface area contributed by atoms with Gasteiger partial charge in [-0.2, -0.15) is 0 Å². The molecule has 0 radical (unpaired) electrons. The lowest BCUT2D eigenvalue weighted by molar-refractivity contribution is -0.137. The molecule has 1 saturated heterocycles. The molecule has 0 aromatic carbocycles. The molecule has 1 aliphatic rings. The summed E-state index contributed by atoms with van der Waals surface area (Å²) in [6.45, 7) is 3.09. The van der Waals surface area contributed by atoms with E-state index in [4.69, 9.17) is 9.84 Å². The number of nitrogens with one attached hydrogen (secondary N) is 2. The maximum Gasteiger partial charge on any atom is 0.228 e. The molecular weight excluding hydrogens is 236 g/mol. The molecule has 0 aliphatic carbocycles. The summed E-state index contributed by atoms with van der Waals surface area (Å²) >= 11 is 0. The molecule has 0 aromatic rings. The van der Waals surface area contributed by atoms with Gasteiger partial charge in [0.25, 0.3) is 0 Å². The van der Waals surface area contributed by atoms with Crippen molar-refractivity contribution < 1.29 is 19.7 Å². The number of aliphatic hydroxyl groups excluding tert-OH is 1. The van der Waals surface area contributed by atoms with Crippen LogP contribution in [0.5, 0.6) is 0 Å². The Morgan fingerprint density at radius 2 is 2.11 bits per heavy atom. The van der Waals surface area contributed by atoms with Crippen LogP contribution in [0.25, 0.3) is 0 Å². The first-order chi connectivity index (χ1) is 8.46. The lowest BCUT2D eigenvalue weighted by Gasteiger charge is -2.36. The van der Waals surface area contributed by atoms with Gasteiger partial charge in [-0.05, 0) is 32.9 Å². The third-order valence-corrected chi connectivity index (χ3v) is 3.43. The molecule has 6 nitrogen and oxygen atoms in total. The van der Waals surface area contributed by atoms with E-state index in [1.54, 1.807) is 7.11 Å². The van der Waals surface area contributed by atoms with Crippen LogP contribution in [0.4, 0.5) is 0 Å². The topological polar surface area (TPSA) is 90.8 Å². The summed E-state index contributed by atoms with van der Waals surface area (Å²) in [6.07, 6.45) is 1.43. The fourth-order valence-corrected chi connectivity index (χ4v) is 2.13. The minimum Gasteiger partial charge on any atom is -0.393 e. The molecule has 18 heavy (non-hydrogen) atoms. The minimum atomic E-state index is -1.28. The molecule has 0 saturated carbocycles. The lowest BCUT2D eigenvalue weighted by Crippen LogP contribution is -2.53. The Hall–Kier alpha value is -0.690. The van der Waals surface area contributed by atoms with E-state index in [1.165, 1.54) is 6.92 Å². The Bertz CT molecular complexity index is 270. The highest BCUT2D eigenvalue weighted by molar-refractivity contribution is 5.83. The van der Waals surface area contributed by atoms with E-state index >= 15 is 0 Å². The number of hydrogen-bond donors (Lipinski definition) is 4. The molecule has 1 atom stereocenters. The Morgan fingerprint density at radius 3 is 2.61 bits per heavy atom. The van der Waals surface area contributed by atoms with Gasteiger partial charge in [-0.15, -0.1) is 0 Å². The molecule has 0 spiro atoms. The first kappa shape index (κ1) is 15.4. The van der Waals surface area contributed by atoms with E-state index in [1.807, 2.05) is 0 Å². The van der Waals surface area contributed by atoms with Gasteiger partial charge in [-0.25, -0.2) is 0 Å². The predicted molar refractivity (Wildman–Crippen MR) is 67.1 cm³/mol. The number of piperidine rings is 1. The Kier molecular flexibility index (Phi) is 5.52. The minimum absolute atomic E-state index is 0.0429. The van der Waals surface area contributed by atoms with Gasteiger partial charge in [0, 0.05) is 13.7 Å². The van der Waals surface area contributed by atoms with Gasteiger partial charge in [0.2, 0.25) is 5.91 Å². The van der Waals surface area contributed by atoms with Crippen LogP contribution in [0.15, 0.2) is 0 Å². The summed E-state index contributed by atoms with van der Waals surface area (Å²) < 4.78 is 5.16. The molecule has 1 aliphatic heterocycles. The van der Waals surface area contributed by atoms with Gasteiger partial charge in [-0.1, -0.05) is 0 Å². The fourth-order valence-electron chi connectivity index (χ4n) is 2.13. The fraction of sp³-hybridized carbons (Fsp3) is 0.917. The number of methoxy groups -OCH3 is 1. The normalized spacial score (nSPS) is 22.2. The average Bonchev–Trinajstić information content (AvgIpc) is 2.37. The van der Waals surface area contributed by atoms with Crippen LogP contribution >= 0.6 is 0 Å². The van der Waals surface area contributed by atoms with E-state index in [0.717, 1.165) is 13.1 Å². The molecule has 6 heteroatoms. The molecule has 4 N–H and O–H groups in total. The molecule has 106 valence electrons. The van der Waals surface area contributed by atoms with Crippen molar-refractivity contribution in [2.24, 2.45) is 5.41 Å². The van der Waals surface area contributed by atoms with Crippen molar-refractivity contribution in [1.82, 2.24) is 10.6 Å². The van der Waals surface area contributed by atoms with Gasteiger partial charge in [0.1, 0.15) is 5.60 Å². The van der Waals surface area contributed by atoms with Crippen LogP contribution in [0.3, 0.4) is 0 Å². The Labute approximate surface area is 108 Å². The zero-order chi connectivity index (χ0) is 13.6. The van der Waals surface area contributed by atoms with Gasteiger partial charge < -0.3 is 25.6 Å². The average molecular weight is 260 g/mol. The van der Waals surface area contributed by atoms with Crippen molar-refractivity contribution in [3.63, 3.8) is 0 Å². The molecule has 1 fully saturated rings. The number of hydrogen-bond acceptors (Lipinski definition) is 5. The van der Waals surface area contributed by atoms with Gasteiger partial charge in [0.15, 0.2) is 0 Å². The number of carbonyl (C=O) groups is 1. The van der Waals surface area contributed by atoms with E-state index in [-0.39, 0.29) is 19.1 Å². The van der Waals surface area contributed by atoms with Crippen LogP contribution in [-0.2, 0) is 9.53 Å². The first-order valence-electron chi connectivity index (χ1n) is 6.27. The number of carbonyl (C=O) groups excluding carboxylic acids is 1. The highest BCUT2D eigenvalue weighted by Gasteiger charge is 2.40. The maximum absolute atomic E-state index is 12.3. The lowest BCUT2D eigenvalue weighted by atomic mass is 9.78. The summed E-state index contributed by atoms with van der Waals surface area (Å²) in [6, 6.07) is 0. The second-order valence-corrected chi connectivity index (χ2v) is 5.30. The maximum atomic E-state index is 12.3. The van der Waals surface area contributed by atoms with E-state index in [2.05, 4.69) is 10.6 Å². The highest BCUT2D eigenvalue weighted by Crippen LogP contribution is 2.29. The van der Waals surface area contributed by atoms with Crippen LogP contribution in [0.2, 0.25) is 0 Å². The SMILES string of the molecule is COCC1(C(=O)NCC(C)(O)CO)CCNCC1. The monoisotopic (exact) mass is 260 g/mol. The summed E-state index contributed by atoms with van der Waals surface area (Å²) in [5.74, 6) is -0.112. The zero-order valence-corrected chi connectivity index (χ0v) is 11.2. The van der Waals surface area contributed by atoms with Crippen LogP contribution in [0, 0.1) is 5.41 Å². The third-order valence-electron chi connectivity index (χ3n) is 3.43. The predicted octanol–water partition coefficient (Wildman–Crippen LogP) is -1.14. The van der Waals surface area contributed by atoms with Crippen molar-refractivity contribution in [3.05, 3.63) is 0 Å². The van der Waals surface area contributed by atoms with Gasteiger partial charge in [-0.3, -0.25) is 4.79 Å². The number of ether oxygens (including phenoxy) is 1. The zero-order valence-electron chi connectivity index (χ0n) is 11.2. The molecule has 1 unspecified atom stereocenters. The van der Waals surface area contributed by atoms with E-state index < -0.39 is 11.0 Å². The van der Waals surface area contributed by atoms with E-state index in [9.17, 15) is 9.90 Å². The summed E-state index contributed by atoms with van der Waals surface area (Å²) in [7, 11) is 1.58. The second kappa shape index (κ2) is 6.47. The largest absolute Gasteiger partial charge is 0.393 e. The Morgan fingerprint density at radius 1 is 1.50 bits per heavy atom.